The Morgan fingerprint density at radius 1 is 1.38 bits per heavy atom. The number of hydrogen-bond donors (Lipinski definition) is 1. The van der Waals surface area contributed by atoms with Gasteiger partial charge in [0.2, 0.25) is 5.91 Å². The molecule has 152 valence electrons. The van der Waals surface area contributed by atoms with Gasteiger partial charge in [-0.15, -0.1) is 10.2 Å². The quantitative estimate of drug-likeness (QED) is 0.650. The Labute approximate surface area is 165 Å². The van der Waals surface area contributed by atoms with Crippen LogP contribution in [0.4, 0.5) is 10.1 Å². The highest BCUT2D eigenvalue weighted by Crippen LogP contribution is 2.40. The first-order chi connectivity index (χ1) is 13.8. The molecule has 3 aromatic rings. The van der Waals surface area contributed by atoms with Gasteiger partial charge in [-0.05, 0) is 25.0 Å². The van der Waals surface area contributed by atoms with E-state index in [1.54, 1.807) is 22.7 Å². The summed E-state index contributed by atoms with van der Waals surface area (Å²) in [4.78, 5) is 24.8. The van der Waals surface area contributed by atoms with Gasteiger partial charge < -0.3 is 10.1 Å². The van der Waals surface area contributed by atoms with Gasteiger partial charge in [0, 0.05) is 18.2 Å². The molecule has 1 saturated carbocycles. The number of hydrogen-bond acceptors (Lipinski definition) is 6. The van der Waals surface area contributed by atoms with E-state index in [4.69, 9.17) is 4.74 Å². The van der Waals surface area contributed by atoms with Gasteiger partial charge in [-0.3, -0.25) is 14.0 Å². The topological polar surface area (TPSA) is 103 Å². The van der Waals surface area contributed by atoms with E-state index in [0.29, 0.717) is 29.9 Å². The van der Waals surface area contributed by atoms with Gasteiger partial charge >= 0.3 is 0 Å². The average Bonchev–Trinajstić information content (AvgIpc) is 3.22. The zero-order valence-corrected chi connectivity index (χ0v) is 16.1. The minimum atomic E-state index is -1.30. The van der Waals surface area contributed by atoms with Crippen LogP contribution in [0.15, 0.2) is 35.5 Å². The molecule has 0 aliphatic heterocycles. The summed E-state index contributed by atoms with van der Waals surface area (Å²) in [6, 6.07) is 4.68. The molecule has 0 saturated heterocycles. The SMILES string of the molecule is CC(C)c1nn(CC(=O)Nc2ccc3nncn3c2)c(=O)cc1OCC1(F)CC1. The predicted octanol–water partition coefficient (Wildman–Crippen LogP) is 1.93. The number of nitrogens with one attached hydrogen (secondary N) is 1. The van der Waals surface area contributed by atoms with Crippen LogP contribution in [0, 0.1) is 0 Å². The summed E-state index contributed by atoms with van der Waals surface area (Å²) in [5.41, 5.74) is -0.0871. The second kappa shape index (κ2) is 7.26. The number of rotatable bonds is 7. The number of alkyl halides is 1. The van der Waals surface area contributed by atoms with Crippen LogP contribution >= 0.6 is 0 Å². The molecule has 1 fully saturated rings. The number of ether oxygens (including phenoxy) is 1. The van der Waals surface area contributed by atoms with Crippen molar-refractivity contribution < 1.29 is 13.9 Å². The lowest BCUT2D eigenvalue weighted by Gasteiger charge is -2.16. The zero-order valence-electron chi connectivity index (χ0n) is 16.1. The Morgan fingerprint density at radius 3 is 2.90 bits per heavy atom. The summed E-state index contributed by atoms with van der Waals surface area (Å²) < 4.78 is 22.1. The second-order valence-corrected chi connectivity index (χ2v) is 7.55. The van der Waals surface area contributed by atoms with Crippen molar-refractivity contribution in [3.63, 3.8) is 0 Å². The van der Waals surface area contributed by atoms with Gasteiger partial charge in [-0.25, -0.2) is 9.07 Å². The number of aromatic nitrogens is 5. The predicted molar refractivity (Wildman–Crippen MR) is 103 cm³/mol. The average molecular weight is 400 g/mol. The van der Waals surface area contributed by atoms with E-state index in [0.717, 1.165) is 4.68 Å². The van der Waals surface area contributed by atoms with E-state index in [1.165, 1.54) is 12.4 Å². The molecule has 1 aliphatic carbocycles. The number of fused-ring (bicyclic) bond motifs is 1. The van der Waals surface area contributed by atoms with Gasteiger partial charge in [0.1, 0.15) is 36.6 Å². The van der Waals surface area contributed by atoms with E-state index in [9.17, 15) is 14.0 Å². The summed E-state index contributed by atoms with van der Waals surface area (Å²) >= 11 is 0. The fourth-order valence-corrected chi connectivity index (χ4v) is 2.84. The van der Waals surface area contributed by atoms with Crippen molar-refractivity contribution in [3.05, 3.63) is 46.8 Å². The molecule has 3 aromatic heterocycles. The number of amides is 1. The largest absolute Gasteiger partial charge is 0.488 e. The van der Waals surface area contributed by atoms with Crippen molar-refractivity contribution in [3.8, 4) is 5.75 Å². The summed E-state index contributed by atoms with van der Waals surface area (Å²) in [6.45, 7) is 3.43. The van der Waals surface area contributed by atoms with Crippen LogP contribution in [0.3, 0.4) is 0 Å². The summed E-state index contributed by atoms with van der Waals surface area (Å²) in [5, 5.41) is 14.7. The highest BCUT2D eigenvalue weighted by molar-refractivity contribution is 5.90. The minimum Gasteiger partial charge on any atom is -0.488 e. The molecule has 9 nitrogen and oxygen atoms in total. The van der Waals surface area contributed by atoms with Crippen molar-refractivity contribution in [2.24, 2.45) is 0 Å². The molecule has 4 rings (SSSR count). The van der Waals surface area contributed by atoms with Gasteiger partial charge in [0.05, 0.1) is 5.69 Å². The van der Waals surface area contributed by atoms with E-state index >= 15 is 0 Å². The normalized spacial score (nSPS) is 14.9. The maximum Gasteiger partial charge on any atom is 0.270 e. The third-order valence-corrected chi connectivity index (χ3v) is 4.68. The van der Waals surface area contributed by atoms with Gasteiger partial charge in [0.15, 0.2) is 5.65 Å². The van der Waals surface area contributed by atoms with E-state index in [1.807, 2.05) is 13.8 Å². The number of nitrogens with zero attached hydrogens (tertiary/aromatic N) is 5. The highest BCUT2D eigenvalue weighted by atomic mass is 19.1. The van der Waals surface area contributed by atoms with Crippen LogP contribution in [0.25, 0.3) is 5.65 Å². The second-order valence-electron chi connectivity index (χ2n) is 7.55. The first-order valence-electron chi connectivity index (χ1n) is 9.36. The molecule has 1 amide bonds. The van der Waals surface area contributed by atoms with Crippen molar-refractivity contribution >= 4 is 17.2 Å². The Hall–Kier alpha value is -3.30. The molecule has 0 spiro atoms. The van der Waals surface area contributed by atoms with Crippen LogP contribution in [-0.4, -0.2) is 42.6 Å². The summed E-state index contributed by atoms with van der Waals surface area (Å²) in [5.74, 6) is -0.203. The number of pyridine rings is 1. The molecule has 3 heterocycles. The number of carbonyl (C=O) groups is 1. The smallest absolute Gasteiger partial charge is 0.270 e. The number of carbonyl (C=O) groups excluding carboxylic acids is 1. The third-order valence-electron chi connectivity index (χ3n) is 4.68. The molecule has 0 aromatic carbocycles. The summed E-state index contributed by atoms with van der Waals surface area (Å²) in [6.07, 6.45) is 4.13. The molecule has 0 atom stereocenters. The van der Waals surface area contributed by atoms with E-state index in [2.05, 4.69) is 20.6 Å². The maximum absolute atomic E-state index is 13.9. The van der Waals surface area contributed by atoms with Crippen LogP contribution in [-0.2, 0) is 11.3 Å². The molecule has 0 bridgehead atoms. The lowest BCUT2D eigenvalue weighted by molar-refractivity contribution is -0.117. The molecule has 29 heavy (non-hydrogen) atoms. The number of halogens is 1. The van der Waals surface area contributed by atoms with Gasteiger partial charge in [-0.2, -0.15) is 5.10 Å². The molecular weight excluding hydrogens is 379 g/mol. The lowest BCUT2D eigenvalue weighted by atomic mass is 10.1. The monoisotopic (exact) mass is 400 g/mol. The number of anilines is 1. The molecule has 0 radical (unpaired) electrons. The van der Waals surface area contributed by atoms with Crippen molar-refractivity contribution in [1.29, 1.82) is 0 Å². The summed E-state index contributed by atoms with van der Waals surface area (Å²) in [7, 11) is 0. The Bertz CT molecular complexity index is 1120. The first kappa shape index (κ1) is 19.0. The molecular formula is C19H21FN6O3. The molecule has 1 aliphatic rings. The molecule has 1 N–H and O–H groups in total. The van der Waals surface area contributed by atoms with Crippen LogP contribution in [0.2, 0.25) is 0 Å². The van der Waals surface area contributed by atoms with Crippen LogP contribution in [0.5, 0.6) is 5.75 Å². The highest BCUT2D eigenvalue weighted by Gasteiger charge is 2.44. The Kier molecular flexibility index (Phi) is 4.77. The van der Waals surface area contributed by atoms with E-state index < -0.39 is 17.1 Å². The first-order valence-corrected chi connectivity index (χ1v) is 9.36. The minimum absolute atomic E-state index is 0.0641. The lowest BCUT2D eigenvalue weighted by Crippen LogP contribution is -2.31. The fourth-order valence-electron chi connectivity index (χ4n) is 2.84. The molecule has 0 unspecified atom stereocenters. The van der Waals surface area contributed by atoms with Crippen LogP contribution < -0.4 is 15.6 Å². The van der Waals surface area contributed by atoms with Crippen molar-refractivity contribution in [2.45, 2.75) is 44.8 Å². The van der Waals surface area contributed by atoms with Gasteiger partial charge in [-0.1, -0.05) is 13.8 Å². The Morgan fingerprint density at radius 2 is 2.17 bits per heavy atom. The maximum atomic E-state index is 13.9. The molecule has 10 heteroatoms. The van der Waals surface area contributed by atoms with Crippen molar-refractivity contribution in [1.82, 2.24) is 24.4 Å². The standard InChI is InChI=1S/C19H21FN6O3/c1-12(2)18-14(29-10-19(20)5-6-19)7-17(28)26(24-18)9-16(27)22-13-3-4-15-23-21-11-25(15)8-13/h3-4,7-8,11-12H,5-6,9-10H2,1-2H3,(H,22,27). The van der Waals surface area contributed by atoms with Crippen LogP contribution in [0.1, 0.15) is 38.3 Å². The Balaban J connectivity index is 1.50. The van der Waals surface area contributed by atoms with E-state index in [-0.39, 0.29) is 24.8 Å². The van der Waals surface area contributed by atoms with Gasteiger partial charge in [0.25, 0.3) is 5.56 Å². The third kappa shape index (κ3) is 4.25. The van der Waals surface area contributed by atoms with Crippen molar-refractivity contribution in [2.75, 3.05) is 11.9 Å². The zero-order chi connectivity index (χ0) is 20.6. The fraction of sp³-hybridized carbons (Fsp3) is 0.421.